The minimum absolute atomic E-state index is 0.00291. The highest BCUT2D eigenvalue weighted by atomic mass is 127. The maximum absolute atomic E-state index is 5.41. The molecule has 0 bridgehead atoms. The van der Waals surface area contributed by atoms with Crippen LogP contribution in [0.1, 0.15) is 13.8 Å². The predicted octanol–water partition coefficient (Wildman–Crippen LogP) is 1.33. The second kappa shape index (κ2) is 5.38. The van der Waals surface area contributed by atoms with Gasteiger partial charge >= 0.3 is 0 Å². The molecule has 0 aromatic carbocycles. The SMILES string of the molecule is COC1=I[C@H](C(C)C)C(OC)NC1. The molecule has 78 valence electrons. The third-order valence-electron chi connectivity index (χ3n) is 2.09. The monoisotopic (exact) mass is 299 g/mol. The van der Waals surface area contributed by atoms with E-state index in [-0.39, 0.29) is 27.0 Å². The van der Waals surface area contributed by atoms with Crippen LogP contribution in [-0.2, 0) is 9.47 Å². The minimum atomic E-state index is 0.00291. The molecule has 1 aliphatic rings. The number of hydrogen-bond donors (Lipinski definition) is 1. The van der Waals surface area contributed by atoms with E-state index in [0.29, 0.717) is 9.84 Å². The number of ether oxygens (including phenoxy) is 2. The zero-order valence-corrected chi connectivity index (χ0v) is 10.8. The van der Waals surface area contributed by atoms with Gasteiger partial charge in [0.05, 0.1) is 7.62 Å². The number of nitrogens with one attached hydrogen (secondary N) is 1. The van der Waals surface area contributed by atoms with Crippen molar-refractivity contribution in [3.05, 3.63) is 0 Å². The Morgan fingerprint density at radius 1 is 1.46 bits per heavy atom. The smallest absolute Gasteiger partial charge is 0.119 e. The molecular weight excluding hydrogens is 281 g/mol. The number of hydrogen-bond acceptors (Lipinski definition) is 3. The van der Waals surface area contributed by atoms with E-state index < -0.39 is 0 Å². The summed E-state index contributed by atoms with van der Waals surface area (Å²) in [6.45, 7) is 5.36. The van der Waals surface area contributed by atoms with Gasteiger partial charge < -0.3 is 9.47 Å². The largest absolute Gasteiger partial charge is 0.365 e. The molecule has 0 amide bonds. The summed E-state index contributed by atoms with van der Waals surface area (Å²) >= 11 is 0.00291. The summed E-state index contributed by atoms with van der Waals surface area (Å²) in [6.07, 6.45) is 0.228. The fourth-order valence-electron chi connectivity index (χ4n) is 1.34. The zero-order chi connectivity index (χ0) is 9.84. The molecule has 1 aliphatic heterocycles. The zero-order valence-electron chi connectivity index (χ0n) is 8.63. The molecule has 1 unspecified atom stereocenters. The van der Waals surface area contributed by atoms with Crippen molar-refractivity contribution < 1.29 is 9.47 Å². The molecule has 1 N–H and O–H groups in total. The molecule has 4 heteroatoms. The Kier molecular flexibility index (Phi) is 4.78. The number of halogens is 1. The molecule has 1 heterocycles. The molecule has 0 radical (unpaired) electrons. The lowest BCUT2D eigenvalue weighted by Gasteiger charge is -2.31. The first-order valence-corrected chi connectivity index (χ1v) is 6.81. The van der Waals surface area contributed by atoms with Crippen molar-refractivity contribution in [1.82, 2.24) is 5.32 Å². The van der Waals surface area contributed by atoms with Crippen molar-refractivity contribution in [2.45, 2.75) is 24.0 Å². The third kappa shape index (κ3) is 2.97. The van der Waals surface area contributed by atoms with Crippen LogP contribution in [0, 0.1) is 5.92 Å². The van der Waals surface area contributed by atoms with Crippen LogP contribution in [0.4, 0.5) is 0 Å². The van der Waals surface area contributed by atoms with E-state index in [9.17, 15) is 0 Å². The van der Waals surface area contributed by atoms with Crippen molar-refractivity contribution in [3.63, 3.8) is 0 Å². The van der Waals surface area contributed by atoms with Gasteiger partial charge in [-0.1, -0.05) is 34.6 Å². The van der Waals surface area contributed by atoms with Crippen LogP contribution in [0.5, 0.6) is 0 Å². The standard InChI is InChI=1S/C9H18INO2/c1-6(2)8-9(13-4)11-5-7(10-8)12-3/h6,8-9,11H,5H2,1-4H3/t8-,9?/m1/s1. The summed E-state index contributed by atoms with van der Waals surface area (Å²) in [7, 11) is 3.54. The van der Waals surface area contributed by atoms with Gasteiger partial charge in [-0.05, 0) is 5.92 Å². The molecule has 2 atom stereocenters. The Bertz CT molecular complexity index is 194. The van der Waals surface area contributed by atoms with Gasteiger partial charge in [0.1, 0.15) is 6.23 Å². The minimum Gasteiger partial charge on any atom is -0.365 e. The lowest BCUT2D eigenvalue weighted by Crippen LogP contribution is -2.47. The van der Waals surface area contributed by atoms with Crippen LogP contribution in [0.25, 0.3) is 0 Å². The lowest BCUT2D eigenvalue weighted by atomic mass is 10.1. The van der Waals surface area contributed by atoms with Gasteiger partial charge in [-0.2, -0.15) is 0 Å². The highest BCUT2D eigenvalue weighted by Crippen LogP contribution is 2.26. The van der Waals surface area contributed by atoms with Crippen molar-refractivity contribution in [2.75, 3.05) is 20.8 Å². The van der Waals surface area contributed by atoms with Gasteiger partial charge in [-0.25, -0.2) is 0 Å². The highest BCUT2D eigenvalue weighted by molar-refractivity contribution is 14.2. The topological polar surface area (TPSA) is 30.5 Å². The van der Waals surface area contributed by atoms with E-state index in [4.69, 9.17) is 9.47 Å². The van der Waals surface area contributed by atoms with Crippen LogP contribution < -0.4 is 5.32 Å². The summed E-state index contributed by atoms with van der Waals surface area (Å²) in [4.78, 5) is 0. The van der Waals surface area contributed by atoms with Crippen LogP contribution in [0.3, 0.4) is 0 Å². The van der Waals surface area contributed by atoms with E-state index in [1.165, 1.54) is 3.69 Å². The van der Waals surface area contributed by atoms with Crippen LogP contribution in [0.2, 0.25) is 0 Å². The van der Waals surface area contributed by atoms with Crippen molar-refractivity contribution >= 4 is 24.4 Å². The molecular formula is C9H18INO2. The van der Waals surface area contributed by atoms with Crippen molar-refractivity contribution in [3.8, 4) is 0 Å². The average molecular weight is 299 g/mol. The Morgan fingerprint density at radius 3 is 2.62 bits per heavy atom. The van der Waals surface area contributed by atoms with E-state index in [1.54, 1.807) is 14.2 Å². The Labute approximate surface area is 89.9 Å². The van der Waals surface area contributed by atoms with Crippen molar-refractivity contribution in [1.29, 1.82) is 0 Å². The highest BCUT2D eigenvalue weighted by Gasteiger charge is 2.27. The van der Waals surface area contributed by atoms with Crippen molar-refractivity contribution in [2.24, 2.45) is 5.92 Å². The number of alkyl halides is 1. The van der Waals surface area contributed by atoms with Gasteiger partial charge in [0.15, 0.2) is 0 Å². The lowest BCUT2D eigenvalue weighted by molar-refractivity contribution is 0.0688. The average Bonchev–Trinajstić information content (AvgIpc) is 2.16. The summed E-state index contributed by atoms with van der Waals surface area (Å²) in [6, 6.07) is 0. The van der Waals surface area contributed by atoms with E-state index >= 15 is 0 Å². The molecule has 0 aliphatic carbocycles. The quantitative estimate of drug-likeness (QED) is 0.630. The molecule has 3 nitrogen and oxygen atoms in total. The molecule has 0 saturated heterocycles. The molecule has 0 spiro atoms. The van der Waals surface area contributed by atoms with Gasteiger partial charge in [0, 0.05) is 20.8 Å². The fourth-order valence-corrected chi connectivity index (χ4v) is 4.43. The third-order valence-corrected chi connectivity index (χ3v) is 6.42. The van der Waals surface area contributed by atoms with Crippen LogP contribution in [0.15, 0.2) is 0 Å². The molecule has 0 saturated carbocycles. The predicted molar refractivity (Wildman–Crippen MR) is 63.5 cm³/mol. The summed E-state index contributed by atoms with van der Waals surface area (Å²) in [5.41, 5.74) is 0. The maximum atomic E-state index is 5.41. The Hall–Kier alpha value is 0.480. The Morgan fingerprint density at radius 2 is 2.15 bits per heavy atom. The first kappa shape index (κ1) is 11.6. The first-order chi connectivity index (χ1) is 6.19. The number of methoxy groups -OCH3 is 2. The number of rotatable bonds is 3. The van der Waals surface area contributed by atoms with Crippen LogP contribution in [-0.4, -0.2) is 34.6 Å². The van der Waals surface area contributed by atoms with Gasteiger partial charge in [-0.3, -0.25) is 5.32 Å². The summed E-state index contributed by atoms with van der Waals surface area (Å²) in [5.74, 6) is 0.663. The molecule has 0 aromatic rings. The normalized spacial score (nSPS) is 29.8. The molecule has 1 rings (SSSR count). The first-order valence-electron chi connectivity index (χ1n) is 4.48. The molecule has 13 heavy (non-hydrogen) atoms. The van der Waals surface area contributed by atoms with E-state index in [1.807, 2.05) is 0 Å². The Balaban J connectivity index is 2.70. The van der Waals surface area contributed by atoms with Gasteiger partial charge in [0.2, 0.25) is 0 Å². The molecule has 0 aromatic heterocycles. The summed E-state index contributed by atoms with van der Waals surface area (Å²) < 4.78 is 12.6. The van der Waals surface area contributed by atoms with E-state index in [0.717, 1.165) is 6.54 Å². The molecule has 0 fully saturated rings. The second-order valence-electron chi connectivity index (χ2n) is 3.39. The summed E-state index contributed by atoms with van der Waals surface area (Å²) in [5, 5.41) is 3.34. The van der Waals surface area contributed by atoms with E-state index in [2.05, 4.69) is 19.2 Å². The fraction of sp³-hybridized carbons (Fsp3) is 0.889. The van der Waals surface area contributed by atoms with Gasteiger partial charge in [-0.15, -0.1) is 0 Å². The second-order valence-corrected chi connectivity index (χ2v) is 6.66. The van der Waals surface area contributed by atoms with Gasteiger partial charge in [0.25, 0.3) is 0 Å². The van der Waals surface area contributed by atoms with Crippen LogP contribution >= 0.6 is 20.7 Å². The maximum Gasteiger partial charge on any atom is 0.119 e.